The van der Waals surface area contributed by atoms with E-state index >= 15 is 0 Å². The Morgan fingerprint density at radius 2 is 2.13 bits per heavy atom. The molecule has 0 aliphatic carbocycles. The zero-order valence-corrected chi connectivity index (χ0v) is 14.0. The summed E-state index contributed by atoms with van der Waals surface area (Å²) in [7, 11) is 0. The van der Waals surface area contributed by atoms with Crippen LogP contribution in [-0.4, -0.2) is 29.3 Å². The molecular formula is C16H22FN5S. The van der Waals surface area contributed by atoms with Crippen molar-refractivity contribution in [2.75, 3.05) is 18.4 Å². The summed E-state index contributed by atoms with van der Waals surface area (Å²) >= 11 is 1.56. The zero-order valence-electron chi connectivity index (χ0n) is 13.2. The molecule has 1 aliphatic rings. The van der Waals surface area contributed by atoms with Gasteiger partial charge in [-0.2, -0.15) is 0 Å². The molecule has 124 valence electrons. The van der Waals surface area contributed by atoms with Gasteiger partial charge in [-0.05, 0) is 43.4 Å². The summed E-state index contributed by atoms with van der Waals surface area (Å²) in [4.78, 5) is 0. The van der Waals surface area contributed by atoms with E-state index in [1.165, 1.54) is 18.6 Å². The van der Waals surface area contributed by atoms with Crippen LogP contribution in [0.4, 0.5) is 9.52 Å². The highest BCUT2D eigenvalue weighted by atomic mass is 32.1. The maximum atomic E-state index is 12.9. The topological polar surface area (TPSA) is 61.9 Å². The lowest BCUT2D eigenvalue weighted by molar-refractivity contribution is 0.452. The molecule has 23 heavy (non-hydrogen) atoms. The van der Waals surface area contributed by atoms with E-state index in [-0.39, 0.29) is 5.82 Å². The van der Waals surface area contributed by atoms with Gasteiger partial charge in [0.15, 0.2) is 0 Å². The fraction of sp³-hybridized carbons (Fsp3) is 0.500. The average molecular weight is 335 g/mol. The fourth-order valence-electron chi connectivity index (χ4n) is 2.73. The summed E-state index contributed by atoms with van der Waals surface area (Å²) in [5, 5.41) is 13.5. The monoisotopic (exact) mass is 335 g/mol. The van der Waals surface area contributed by atoms with E-state index in [1.54, 1.807) is 23.5 Å². The lowest BCUT2D eigenvalue weighted by Crippen LogP contribution is -2.28. The van der Waals surface area contributed by atoms with Crippen molar-refractivity contribution in [2.24, 2.45) is 5.92 Å². The van der Waals surface area contributed by atoms with Crippen LogP contribution in [0.15, 0.2) is 24.3 Å². The third kappa shape index (κ3) is 4.70. The van der Waals surface area contributed by atoms with Gasteiger partial charge in [0.05, 0.1) is 0 Å². The van der Waals surface area contributed by atoms with E-state index in [0.29, 0.717) is 18.4 Å². The normalized spacial score (nSPS) is 20.8. The van der Waals surface area contributed by atoms with Crippen LogP contribution < -0.4 is 16.2 Å². The van der Waals surface area contributed by atoms with Crippen molar-refractivity contribution < 1.29 is 4.39 Å². The molecule has 2 unspecified atom stereocenters. The van der Waals surface area contributed by atoms with Crippen LogP contribution in [0.5, 0.6) is 0 Å². The van der Waals surface area contributed by atoms with E-state index in [4.69, 9.17) is 0 Å². The fourth-order valence-corrected chi connectivity index (χ4v) is 3.53. The lowest BCUT2D eigenvalue weighted by atomic mass is 9.98. The summed E-state index contributed by atoms with van der Waals surface area (Å²) < 4.78 is 12.9. The Labute approximate surface area is 139 Å². The lowest BCUT2D eigenvalue weighted by Gasteiger charge is -2.12. The summed E-state index contributed by atoms with van der Waals surface area (Å²) in [5.41, 5.74) is 7.49. The number of nitrogens with one attached hydrogen (secondary N) is 3. The minimum Gasteiger partial charge on any atom is -0.360 e. The highest BCUT2D eigenvalue weighted by Crippen LogP contribution is 2.19. The van der Waals surface area contributed by atoms with Crippen molar-refractivity contribution in [1.82, 2.24) is 21.0 Å². The molecule has 5 nitrogen and oxygen atoms in total. The smallest absolute Gasteiger partial charge is 0.205 e. The van der Waals surface area contributed by atoms with Crippen molar-refractivity contribution in [3.05, 3.63) is 40.7 Å². The molecular weight excluding hydrogens is 313 g/mol. The van der Waals surface area contributed by atoms with Crippen molar-refractivity contribution in [1.29, 1.82) is 0 Å². The standard InChI is InChI=1S/C16H22FN5S/c1-11-13(10-19-20-11)3-2-8-18-16-22-21-15(23-16)9-12-4-6-14(17)7-5-12/h4-7,11,13,19-20H,2-3,8-10H2,1H3,(H,18,22). The maximum absolute atomic E-state index is 12.9. The van der Waals surface area contributed by atoms with Gasteiger partial charge in [0.1, 0.15) is 10.8 Å². The Hall–Kier alpha value is -1.57. The molecule has 1 aromatic carbocycles. The van der Waals surface area contributed by atoms with Crippen LogP contribution in [0.25, 0.3) is 0 Å². The number of nitrogens with zero attached hydrogens (tertiary/aromatic N) is 2. The van der Waals surface area contributed by atoms with Gasteiger partial charge >= 0.3 is 0 Å². The molecule has 1 saturated heterocycles. The quantitative estimate of drug-likeness (QED) is 0.679. The number of hydrogen-bond donors (Lipinski definition) is 3. The van der Waals surface area contributed by atoms with E-state index in [1.807, 2.05) is 0 Å². The van der Waals surface area contributed by atoms with E-state index in [9.17, 15) is 4.39 Å². The highest BCUT2D eigenvalue weighted by molar-refractivity contribution is 7.15. The largest absolute Gasteiger partial charge is 0.360 e. The van der Waals surface area contributed by atoms with Crippen molar-refractivity contribution >= 4 is 16.5 Å². The number of hydrogen-bond acceptors (Lipinski definition) is 6. The molecule has 0 radical (unpaired) electrons. The van der Waals surface area contributed by atoms with Gasteiger partial charge in [-0.15, -0.1) is 10.2 Å². The molecule has 1 fully saturated rings. The highest BCUT2D eigenvalue weighted by Gasteiger charge is 2.21. The predicted molar refractivity (Wildman–Crippen MR) is 90.9 cm³/mol. The third-order valence-corrected chi connectivity index (χ3v) is 5.05. The number of anilines is 1. The van der Waals surface area contributed by atoms with E-state index < -0.39 is 0 Å². The average Bonchev–Trinajstić information content (AvgIpc) is 3.15. The van der Waals surface area contributed by atoms with Gasteiger partial charge in [0, 0.05) is 25.6 Å². The van der Waals surface area contributed by atoms with Crippen LogP contribution in [0.1, 0.15) is 30.3 Å². The van der Waals surface area contributed by atoms with E-state index in [2.05, 4.69) is 33.3 Å². The van der Waals surface area contributed by atoms with Gasteiger partial charge in [0.25, 0.3) is 0 Å². The molecule has 0 bridgehead atoms. The first kappa shape index (κ1) is 16.3. The Balaban J connectivity index is 1.41. The Bertz CT molecular complexity index is 615. The van der Waals surface area contributed by atoms with Gasteiger partial charge < -0.3 is 5.32 Å². The maximum Gasteiger partial charge on any atom is 0.205 e. The molecule has 3 rings (SSSR count). The number of hydrazine groups is 1. The summed E-state index contributed by atoms with van der Waals surface area (Å²) in [5.74, 6) is 0.482. The van der Waals surface area contributed by atoms with Crippen molar-refractivity contribution in [2.45, 2.75) is 32.2 Å². The molecule has 2 atom stereocenters. The van der Waals surface area contributed by atoms with Crippen LogP contribution in [0.3, 0.4) is 0 Å². The minimum absolute atomic E-state index is 0.213. The summed E-state index contributed by atoms with van der Waals surface area (Å²) in [6.45, 7) is 4.17. The molecule has 3 N–H and O–H groups in total. The molecule has 1 aromatic heterocycles. The molecule has 2 aromatic rings. The first-order chi connectivity index (χ1) is 11.2. The molecule has 0 spiro atoms. The van der Waals surface area contributed by atoms with Crippen molar-refractivity contribution in [3.8, 4) is 0 Å². The zero-order chi connectivity index (χ0) is 16.1. The predicted octanol–water partition coefficient (Wildman–Crippen LogP) is 2.57. The first-order valence-electron chi connectivity index (χ1n) is 8.00. The van der Waals surface area contributed by atoms with Gasteiger partial charge in [-0.3, -0.25) is 10.9 Å². The molecule has 0 amide bonds. The summed E-state index contributed by atoms with van der Waals surface area (Å²) in [6, 6.07) is 7.06. The van der Waals surface area contributed by atoms with Gasteiger partial charge in [-0.1, -0.05) is 23.5 Å². The Morgan fingerprint density at radius 3 is 2.87 bits per heavy atom. The Morgan fingerprint density at radius 1 is 1.30 bits per heavy atom. The molecule has 0 saturated carbocycles. The number of halogens is 1. The Kier molecular flexibility index (Phi) is 5.53. The molecule has 7 heteroatoms. The third-order valence-electron chi connectivity index (χ3n) is 4.16. The number of benzene rings is 1. The van der Waals surface area contributed by atoms with Crippen LogP contribution in [0.2, 0.25) is 0 Å². The summed E-state index contributed by atoms with van der Waals surface area (Å²) in [6.07, 6.45) is 3.00. The second kappa shape index (κ2) is 7.81. The SMILES string of the molecule is CC1NNCC1CCCNc1nnc(Cc2ccc(F)cc2)s1. The molecule has 1 aliphatic heterocycles. The second-order valence-electron chi connectivity index (χ2n) is 5.95. The van der Waals surface area contributed by atoms with Crippen LogP contribution in [-0.2, 0) is 6.42 Å². The number of rotatable bonds is 7. The minimum atomic E-state index is -0.213. The van der Waals surface area contributed by atoms with E-state index in [0.717, 1.165) is 35.2 Å². The van der Waals surface area contributed by atoms with Gasteiger partial charge in [-0.25, -0.2) is 4.39 Å². The van der Waals surface area contributed by atoms with Crippen molar-refractivity contribution in [3.63, 3.8) is 0 Å². The first-order valence-corrected chi connectivity index (χ1v) is 8.81. The second-order valence-corrected chi connectivity index (χ2v) is 7.01. The van der Waals surface area contributed by atoms with Crippen LogP contribution in [0, 0.1) is 11.7 Å². The van der Waals surface area contributed by atoms with Crippen LogP contribution >= 0.6 is 11.3 Å². The van der Waals surface area contributed by atoms with Gasteiger partial charge in [0.2, 0.25) is 5.13 Å². The molecule has 2 heterocycles. The number of aromatic nitrogens is 2.